The molecular weight excluding hydrogens is 342 g/mol. The number of nitrogens with zero attached hydrogens (tertiary/aromatic N) is 3. The van der Waals surface area contributed by atoms with Gasteiger partial charge in [-0.2, -0.15) is 0 Å². The smallest absolute Gasteiger partial charge is 0.231 e. The van der Waals surface area contributed by atoms with Crippen LogP contribution in [0.3, 0.4) is 0 Å². The van der Waals surface area contributed by atoms with Gasteiger partial charge < -0.3 is 9.80 Å². The molecule has 5 rings (SSSR count). The van der Waals surface area contributed by atoms with E-state index in [-0.39, 0.29) is 5.41 Å². The van der Waals surface area contributed by atoms with Crippen molar-refractivity contribution >= 4 is 27.9 Å². The third-order valence-corrected chi connectivity index (χ3v) is 7.14. The minimum atomic E-state index is -0.196. The molecule has 0 N–H and O–H groups in total. The molecule has 1 aliphatic carbocycles. The summed E-state index contributed by atoms with van der Waals surface area (Å²) in [7, 11) is 0. The highest BCUT2D eigenvalue weighted by molar-refractivity contribution is 7.13. The zero-order valence-electron chi connectivity index (χ0n) is 15.1. The van der Waals surface area contributed by atoms with Gasteiger partial charge in [-0.3, -0.25) is 4.79 Å². The third kappa shape index (κ3) is 2.49. The summed E-state index contributed by atoms with van der Waals surface area (Å²) in [4.78, 5) is 22.3. The molecule has 3 aliphatic rings. The molecule has 0 saturated carbocycles. The number of amides is 1. The van der Waals surface area contributed by atoms with Crippen LogP contribution in [0.25, 0.3) is 5.57 Å². The number of carbonyl (C=O) groups is 1. The lowest BCUT2D eigenvalue weighted by atomic mass is 9.85. The topological polar surface area (TPSA) is 36.4 Å². The van der Waals surface area contributed by atoms with Crippen molar-refractivity contribution in [3.8, 4) is 0 Å². The molecule has 1 aromatic heterocycles. The van der Waals surface area contributed by atoms with Crippen molar-refractivity contribution in [3.63, 3.8) is 0 Å². The number of aryl methyl sites for hydroxylation is 1. The number of anilines is 1. The second-order valence-electron chi connectivity index (χ2n) is 7.79. The Kier molecular flexibility index (Phi) is 3.67. The summed E-state index contributed by atoms with van der Waals surface area (Å²) >= 11 is 1.69. The van der Waals surface area contributed by atoms with Crippen LogP contribution in [0, 0.1) is 12.3 Å². The molecule has 1 aromatic carbocycles. The Hall–Kier alpha value is -2.14. The predicted molar refractivity (Wildman–Crippen MR) is 105 cm³/mol. The fraction of sp³-hybridized carbons (Fsp3) is 0.429. The number of aromatic nitrogens is 1. The lowest BCUT2D eigenvalue weighted by molar-refractivity contribution is -0.134. The molecule has 134 valence electrons. The monoisotopic (exact) mass is 365 g/mol. The lowest BCUT2D eigenvalue weighted by Gasteiger charge is -2.24. The van der Waals surface area contributed by atoms with Gasteiger partial charge in [0.15, 0.2) is 5.13 Å². The summed E-state index contributed by atoms with van der Waals surface area (Å²) in [6.07, 6.45) is 5.22. The summed E-state index contributed by atoms with van der Waals surface area (Å²) < 4.78 is 0. The van der Waals surface area contributed by atoms with Crippen LogP contribution < -0.4 is 4.90 Å². The van der Waals surface area contributed by atoms with Crippen molar-refractivity contribution < 1.29 is 4.79 Å². The van der Waals surface area contributed by atoms with Gasteiger partial charge in [0, 0.05) is 31.6 Å². The molecule has 0 radical (unpaired) electrons. The predicted octanol–water partition coefficient (Wildman–Crippen LogP) is 3.52. The quantitative estimate of drug-likeness (QED) is 0.835. The van der Waals surface area contributed by atoms with Gasteiger partial charge in [-0.05, 0) is 42.9 Å². The number of fused-ring (bicyclic) bond motifs is 1. The molecule has 1 atom stereocenters. The van der Waals surface area contributed by atoms with E-state index in [0.717, 1.165) is 56.3 Å². The number of carbonyl (C=O) groups excluding carboxylic acids is 1. The van der Waals surface area contributed by atoms with Crippen molar-refractivity contribution in [3.05, 3.63) is 52.5 Å². The zero-order chi connectivity index (χ0) is 17.7. The Labute approximate surface area is 158 Å². The summed E-state index contributed by atoms with van der Waals surface area (Å²) in [5, 5.41) is 3.16. The number of thiazole rings is 1. The van der Waals surface area contributed by atoms with Gasteiger partial charge in [-0.25, -0.2) is 4.98 Å². The molecule has 1 spiro atoms. The van der Waals surface area contributed by atoms with Crippen molar-refractivity contribution in [2.45, 2.75) is 26.2 Å². The normalized spacial score (nSPS) is 24.7. The van der Waals surface area contributed by atoms with E-state index in [1.54, 1.807) is 11.3 Å². The molecule has 26 heavy (non-hydrogen) atoms. The molecule has 3 heterocycles. The fourth-order valence-electron chi connectivity index (χ4n) is 4.65. The van der Waals surface area contributed by atoms with Gasteiger partial charge >= 0.3 is 0 Å². The second-order valence-corrected chi connectivity index (χ2v) is 8.63. The Bertz CT molecular complexity index is 902. The van der Waals surface area contributed by atoms with Crippen molar-refractivity contribution in [1.29, 1.82) is 0 Å². The third-order valence-electron chi connectivity index (χ3n) is 6.13. The maximum absolute atomic E-state index is 13.3. The maximum Gasteiger partial charge on any atom is 0.231 e. The molecule has 1 amide bonds. The first-order chi connectivity index (χ1) is 12.6. The van der Waals surface area contributed by atoms with Gasteiger partial charge in [0.2, 0.25) is 5.91 Å². The second kappa shape index (κ2) is 5.95. The number of likely N-dealkylation sites (tertiary alicyclic amines) is 1. The van der Waals surface area contributed by atoms with E-state index >= 15 is 0 Å². The van der Waals surface area contributed by atoms with E-state index in [9.17, 15) is 4.79 Å². The molecule has 2 aliphatic heterocycles. The number of hydrogen-bond acceptors (Lipinski definition) is 4. The number of benzene rings is 1. The van der Waals surface area contributed by atoms with E-state index < -0.39 is 0 Å². The molecule has 2 fully saturated rings. The Morgan fingerprint density at radius 3 is 2.92 bits per heavy atom. The highest BCUT2D eigenvalue weighted by Crippen LogP contribution is 2.43. The summed E-state index contributed by atoms with van der Waals surface area (Å²) in [5.41, 5.74) is 4.90. The summed E-state index contributed by atoms with van der Waals surface area (Å²) in [6.45, 7) is 5.43. The molecule has 5 heteroatoms. The molecule has 2 aromatic rings. The minimum Gasteiger partial charge on any atom is -0.347 e. The average molecular weight is 366 g/mol. The Morgan fingerprint density at radius 2 is 2.08 bits per heavy atom. The first-order valence-electron chi connectivity index (χ1n) is 9.38. The van der Waals surface area contributed by atoms with Crippen LogP contribution in [0.4, 0.5) is 5.13 Å². The Morgan fingerprint density at radius 1 is 1.23 bits per heavy atom. The van der Waals surface area contributed by atoms with Gasteiger partial charge in [-0.1, -0.05) is 30.3 Å². The van der Waals surface area contributed by atoms with Gasteiger partial charge in [0.1, 0.15) is 0 Å². The molecule has 2 saturated heterocycles. The van der Waals surface area contributed by atoms with Crippen LogP contribution in [0.15, 0.2) is 35.7 Å². The first-order valence-corrected chi connectivity index (χ1v) is 10.3. The van der Waals surface area contributed by atoms with E-state index in [1.165, 1.54) is 16.7 Å². The zero-order valence-corrected chi connectivity index (χ0v) is 15.9. The van der Waals surface area contributed by atoms with E-state index in [2.05, 4.69) is 50.5 Å². The van der Waals surface area contributed by atoms with Gasteiger partial charge in [0.05, 0.1) is 11.1 Å². The van der Waals surface area contributed by atoms with Crippen molar-refractivity contribution in [2.75, 3.05) is 31.1 Å². The summed E-state index contributed by atoms with van der Waals surface area (Å²) in [6, 6.07) is 8.57. The van der Waals surface area contributed by atoms with Crippen LogP contribution in [0.1, 0.15) is 29.7 Å². The maximum atomic E-state index is 13.3. The summed E-state index contributed by atoms with van der Waals surface area (Å²) in [5.74, 6) is 0.346. The lowest BCUT2D eigenvalue weighted by Crippen LogP contribution is -2.37. The van der Waals surface area contributed by atoms with Crippen LogP contribution in [0.5, 0.6) is 0 Å². The van der Waals surface area contributed by atoms with Crippen LogP contribution in [-0.2, 0) is 11.2 Å². The van der Waals surface area contributed by atoms with E-state index in [1.807, 2.05) is 6.92 Å². The fourth-order valence-corrected chi connectivity index (χ4v) is 5.49. The molecule has 1 unspecified atom stereocenters. The van der Waals surface area contributed by atoms with Gasteiger partial charge in [-0.15, -0.1) is 11.3 Å². The van der Waals surface area contributed by atoms with Crippen molar-refractivity contribution in [1.82, 2.24) is 9.88 Å². The number of hydrogen-bond donors (Lipinski definition) is 0. The number of allylic oxidation sites excluding steroid dienone is 1. The van der Waals surface area contributed by atoms with Crippen LogP contribution in [-0.4, -0.2) is 42.0 Å². The highest BCUT2D eigenvalue weighted by atomic mass is 32.1. The standard InChI is InChI=1S/C21H23N3OS/c1-15-13-26-20(22-15)24-11-9-21(14-24)8-10-23(19(21)25)12-17-7-6-16-4-2-3-5-18(16)17/h2-5,7,13H,6,8-12,14H2,1H3. The highest BCUT2D eigenvalue weighted by Gasteiger charge is 2.51. The largest absolute Gasteiger partial charge is 0.347 e. The molecule has 4 nitrogen and oxygen atoms in total. The minimum absolute atomic E-state index is 0.196. The van der Waals surface area contributed by atoms with Gasteiger partial charge in [0.25, 0.3) is 0 Å². The van der Waals surface area contributed by atoms with E-state index in [4.69, 9.17) is 0 Å². The van der Waals surface area contributed by atoms with Crippen molar-refractivity contribution in [2.24, 2.45) is 5.41 Å². The molecule has 0 bridgehead atoms. The SMILES string of the molecule is Cc1csc(N2CCC3(CCN(CC4=CCc5ccccc54)C3=O)C2)n1. The molecular formula is C21H23N3OS. The number of rotatable bonds is 3. The first kappa shape index (κ1) is 16.1. The Balaban J connectivity index is 1.31. The van der Waals surface area contributed by atoms with E-state index in [0.29, 0.717) is 5.91 Å². The average Bonchev–Trinajstić information content (AvgIpc) is 3.41. The van der Waals surface area contributed by atoms with Crippen LogP contribution in [0.2, 0.25) is 0 Å². The van der Waals surface area contributed by atoms with Crippen LogP contribution >= 0.6 is 11.3 Å².